The van der Waals surface area contributed by atoms with Crippen LogP contribution in [0.15, 0.2) is 71.2 Å². The average molecular weight is 465 g/mol. The van der Waals surface area contributed by atoms with E-state index in [9.17, 15) is 9.18 Å². The Morgan fingerprint density at radius 3 is 2.66 bits per heavy atom. The van der Waals surface area contributed by atoms with Crippen LogP contribution in [0.25, 0.3) is 17.1 Å². The van der Waals surface area contributed by atoms with E-state index in [0.29, 0.717) is 17.5 Å². The first-order valence-electron chi connectivity index (χ1n) is 10.4. The molecule has 8 heteroatoms. The summed E-state index contributed by atoms with van der Waals surface area (Å²) in [5.74, 6) is 0.403. The standard InChI is InChI=1S/C24H21FN4OS2/c1-16(23(30)28-13-11-21-18(15-28)12-14-31-21)32-24-27-26-22(17-7-9-19(25)10-8-17)29(24)20-5-3-2-4-6-20/h2-10,12,14,16H,11,13,15H2,1H3. The first-order valence-corrected chi connectivity index (χ1v) is 12.1. The van der Waals surface area contributed by atoms with E-state index >= 15 is 0 Å². The molecule has 162 valence electrons. The van der Waals surface area contributed by atoms with Gasteiger partial charge in [0.1, 0.15) is 5.82 Å². The fraction of sp³-hybridized carbons (Fsp3) is 0.208. The van der Waals surface area contributed by atoms with Gasteiger partial charge in [-0.2, -0.15) is 0 Å². The number of para-hydroxylation sites is 1. The van der Waals surface area contributed by atoms with Crippen molar-refractivity contribution in [3.63, 3.8) is 0 Å². The van der Waals surface area contributed by atoms with Crippen molar-refractivity contribution >= 4 is 29.0 Å². The summed E-state index contributed by atoms with van der Waals surface area (Å²) in [6.07, 6.45) is 0.908. The third-order valence-electron chi connectivity index (χ3n) is 5.50. The Hall–Kier alpha value is -2.97. The molecular formula is C24H21FN4OS2. The van der Waals surface area contributed by atoms with Crippen LogP contribution in [0.4, 0.5) is 4.39 Å². The Bertz CT molecular complexity index is 1240. The number of hydrogen-bond donors (Lipinski definition) is 0. The Balaban J connectivity index is 1.43. The molecule has 1 atom stereocenters. The van der Waals surface area contributed by atoms with Crippen LogP contribution in [-0.2, 0) is 17.8 Å². The predicted molar refractivity (Wildman–Crippen MR) is 126 cm³/mol. The van der Waals surface area contributed by atoms with E-state index in [1.807, 2.05) is 46.7 Å². The largest absolute Gasteiger partial charge is 0.337 e. The maximum atomic E-state index is 13.5. The number of aromatic nitrogens is 3. The number of amides is 1. The molecule has 1 aliphatic rings. The van der Waals surface area contributed by atoms with Gasteiger partial charge in [-0.3, -0.25) is 9.36 Å². The zero-order chi connectivity index (χ0) is 22.1. The van der Waals surface area contributed by atoms with Gasteiger partial charge in [-0.15, -0.1) is 21.5 Å². The molecule has 0 N–H and O–H groups in total. The van der Waals surface area contributed by atoms with Crippen LogP contribution < -0.4 is 0 Å². The SMILES string of the molecule is CC(Sc1nnc(-c2ccc(F)cc2)n1-c1ccccc1)C(=O)N1CCc2sccc2C1. The number of benzene rings is 2. The fourth-order valence-electron chi connectivity index (χ4n) is 3.84. The Kier molecular flexibility index (Phi) is 5.80. The minimum absolute atomic E-state index is 0.0952. The molecule has 0 bridgehead atoms. The fourth-order valence-corrected chi connectivity index (χ4v) is 5.69. The van der Waals surface area contributed by atoms with Gasteiger partial charge in [0.15, 0.2) is 11.0 Å². The maximum Gasteiger partial charge on any atom is 0.236 e. The van der Waals surface area contributed by atoms with Crippen molar-refractivity contribution in [1.82, 2.24) is 19.7 Å². The highest BCUT2D eigenvalue weighted by molar-refractivity contribution is 8.00. The number of hydrogen-bond acceptors (Lipinski definition) is 5. The average Bonchev–Trinajstić information content (AvgIpc) is 3.46. The Labute approximate surface area is 193 Å². The maximum absolute atomic E-state index is 13.5. The third-order valence-corrected chi connectivity index (χ3v) is 7.55. The van der Waals surface area contributed by atoms with Gasteiger partial charge in [-0.1, -0.05) is 30.0 Å². The minimum atomic E-state index is -0.317. The molecule has 3 heterocycles. The number of carbonyl (C=O) groups excluding carboxylic acids is 1. The van der Waals surface area contributed by atoms with Gasteiger partial charge in [-0.05, 0) is 66.8 Å². The lowest BCUT2D eigenvalue weighted by Gasteiger charge is -2.29. The highest BCUT2D eigenvalue weighted by Gasteiger charge is 2.28. The summed E-state index contributed by atoms with van der Waals surface area (Å²) in [7, 11) is 0. The molecule has 5 nitrogen and oxygen atoms in total. The Morgan fingerprint density at radius 2 is 1.88 bits per heavy atom. The summed E-state index contributed by atoms with van der Waals surface area (Å²) >= 11 is 3.16. The second-order valence-electron chi connectivity index (χ2n) is 7.62. The van der Waals surface area contributed by atoms with Crippen molar-refractivity contribution in [2.75, 3.05) is 6.54 Å². The number of carbonyl (C=O) groups is 1. The van der Waals surface area contributed by atoms with Crippen molar-refractivity contribution in [1.29, 1.82) is 0 Å². The summed E-state index contributed by atoms with van der Waals surface area (Å²) in [4.78, 5) is 16.5. The van der Waals surface area contributed by atoms with Crippen LogP contribution in [0.2, 0.25) is 0 Å². The third kappa shape index (κ3) is 4.08. The van der Waals surface area contributed by atoms with Gasteiger partial charge in [0.25, 0.3) is 0 Å². The van der Waals surface area contributed by atoms with E-state index < -0.39 is 0 Å². The normalized spacial score (nSPS) is 14.2. The van der Waals surface area contributed by atoms with Crippen LogP contribution >= 0.6 is 23.1 Å². The smallest absolute Gasteiger partial charge is 0.236 e. The molecule has 4 aromatic rings. The summed E-state index contributed by atoms with van der Waals surface area (Å²) in [6, 6.07) is 18.1. The number of nitrogens with zero attached hydrogens (tertiary/aromatic N) is 4. The summed E-state index contributed by atoms with van der Waals surface area (Å²) in [5, 5.41) is 11.2. The molecule has 5 rings (SSSR count). The molecular weight excluding hydrogens is 443 g/mol. The van der Waals surface area contributed by atoms with E-state index in [1.54, 1.807) is 23.5 Å². The summed E-state index contributed by atoms with van der Waals surface area (Å²) in [6.45, 7) is 3.32. The van der Waals surface area contributed by atoms with Crippen molar-refractivity contribution < 1.29 is 9.18 Å². The van der Waals surface area contributed by atoms with Gasteiger partial charge in [0.2, 0.25) is 5.91 Å². The van der Waals surface area contributed by atoms with E-state index in [2.05, 4.69) is 21.6 Å². The van der Waals surface area contributed by atoms with E-state index in [-0.39, 0.29) is 17.0 Å². The number of rotatable bonds is 5. The van der Waals surface area contributed by atoms with Crippen molar-refractivity contribution in [2.24, 2.45) is 0 Å². The van der Waals surface area contributed by atoms with Gasteiger partial charge < -0.3 is 4.90 Å². The molecule has 0 saturated heterocycles. The zero-order valence-corrected chi connectivity index (χ0v) is 19.1. The van der Waals surface area contributed by atoms with Crippen molar-refractivity contribution in [2.45, 2.75) is 30.3 Å². The van der Waals surface area contributed by atoms with Gasteiger partial charge in [0, 0.05) is 29.2 Å². The first kappa shape index (κ1) is 20.9. The molecule has 1 amide bonds. The number of halogens is 1. The minimum Gasteiger partial charge on any atom is -0.337 e. The summed E-state index contributed by atoms with van der Waals surface area (Å²) < 4.78 is 15.4. The number of thiophene rings is 1. The molecule has 0 fully saturated rings. The Morgan fingerprint density at radius 1 is 1.09 bits per heavy atom. The topological polar surface area (TPSA) is 51.0 Å². The monoisotopic (exact) mass is 464 g/mol. The second kappa shape index (κ2) is 8.88. The summed E-state index contributed by atoms with van der Waals surface area (Å²) in [5.41, 5.74) is 2.90. The molecule has 1 aliphatic heterocycles. The van der Waals surface area contributed by atoms with Crippen LogP contribution in [-0.4, -0.2) is 37.4 Å². The number of thioether (sulfide) groups is 1. The lowest BCUT2D eigenvalue weighted by molar-refractivity contribution is -0.131. The highest BCUT2D eigenvalue weighted by Crippen LogP contribution is 2.32. The van der Waals surface area contributed by atoms with Gasteiger partial charge in [0.05, 0.1) is 5.25 Å². The van der Waals surface area contributed by atoms with Gasteiger partial charge >= 0.3 is 0 Å². The molecule has 0 aliphatic carbocycles. The van der Waals surface area contributed by atoms with Crippen LogP contribution in [0.1, 0.15) is 17.4 Å². The van der Waals surface area contributed by atoms with Crippen molar-refractivity contribution in [3.05, 3.63) is 82.3 Å². The van der Waals surface area contributed by atoms with E-state index in [4.69, 9.17) is 0 Å². The van der Waals surface area contributed by atoms with Crippen molar-refractivity contribution in [3.8, 4) is 17.1 Å². The molecule has 0 spiro atoms. The molecule has 0 radical (unpaired) electrons. The molecule has 0 saturated carbocycles. The molecule has 1 unspecified atom stereocenters. The van der Waals surface area contributed by atoms with E-state index in [1.165, 1.54) is 34.3 Å². The molecule has 32 heavy (non-hydrogen) atoms. The molecule has 2 aromatic carbocycles. The second-order valence-corrected chi connectivity index (χ2v) is 9.93. The van der Waals surface area contributed by atoms with E-state index in [0.717, 1.165) is 24.2 Å². The first-order chi connectivity index (χ1) is 15.6. The lowest BCUT2D eigenvalue weighted by Crippen LogP contribution is -2.39. The highest BCUT2D eigenvalue weighted by atomic mass is 32.2. The lowest BCUT2D eigenvalue weighted by atomic mass is 10.1. The van der Waals surface area contributed by atoms with Crippen LogP contribution in [0, 0.1) is 5.82 Å². The quantitative estimate of drug-likeness (QED) is 0.381. The van der Waals surface area contributed by atoms with Crippen LogP contribution in [0.3, 0.4) is 0 Å². The number of fused-ring (bicyclic) bond motifs is 1. The predicted octanol–water partition coefficient (Wildman–Crippen LogP) is 5.20. The zero-order valence-electron chi connectivity index (χ0n) is 17.4. The molecule has 2 aromatic heterocycles. The van der Waals surface area contributed by atoms with Gasteiger partial charge in [-0.25, -0.2) is 4.39 Å². The van der Waals surface area contributed by atoms with Crippen LogP contribution in [0.5, 0.6) is 0 Å².